The molecule has 0 saturated carbocycles. The molecule has 9 heteroatoms. The molecule has 7 rings (SSSR count). The van der Waals surface area contributed by atoms with E-state index in [2.05, 4.69) is 12.2 Å². The molecule has 3 amide bonds. The fraction of sp³-hybridized carbons (Fsp3) is 0.222. The molecule has 1 aliphatic rings. The molecule has 224 valence electrons. The highest BCUT2D eigenvalue weighted by atomic mass is 16.5. The van der Waals surface area contributed by atoms with E-state index in [9.17, 15) is 19.2 Å². The average molecular weight is 599 g/mol. The second-order valence-corrected chi connectivity index (χ2v) is 11.3. The van der Waals surface area contributed by atoms with Crippen molar-refractivity contribution in [3.8, 4) is 0 Å². The lowest BCUT2D eigenvalue weighted by atomic mass is 9.87. The molecule has 1 aliphatic heterocycles. The number of imide groups is 1. The minimum Gasteiger partial charge on any atom is -0.465 e. The number of fused-ring (bicyclic) bond motifs is 2. The van der Waals surface area contributed by atoms with Crippen LogP contribution < -0.4 is 5.32 Å². The Labute approximate surface area is 258 Å². The van der Waals surface area contributed by atoms with Gasteiger partial charge in [0.15, 0.2) is 0 Å². The number of rotatable bonds is 9. The largest absolute Gasteiger partial charge is 0.465 e. The van der Waals surface area contributed by atoms with Gasteiger partial charge in [-0.2, -0.15) is 0 Å². The van der Waals surface area contributed by atoms with E-state index in [1.807, 2.05) is 36.4 Å². The van der Waals surface area contributed by atoms with Gasteiger partial charge in [0.05, 0.1) is 29.3 Å². The summed E-state index contributed by atoms with van der Waals surface area (Å²) in [7, 11) is 1.29. The molecule has 2 aromatic heterocycles. The van der Waals surface area contributed by atoms with E-state index < -0.39 is 5.97 Å². The van der Waals surface area contributed by atoms with Crippen LogP contribution in [0.15, 0.2) is 67.0 Å². The number of esters is 1. The van der Waals surface area contributed by atoms with Crippen LogP contribution >= 0.6 is 0 Å². The van der Waals surface area contributed by atoms with Crippen molar-refractivity contribution < 1.29 is 23.9 Å². The third-order valence-electron chi connectivity index (χ3n) is 8.71. The highest BCUT2D eigenvalue weighted by Gasteiger charge is 2.35. The van der Waals surface area contributed by atoms with Crippen molar-refractivity contribution >= 4 is 67.0 Å². The molecule has 9 nitrogen and oxygen atoms in total. The zero-order valence-corrected chi connectivity index (χ0v) is 25.0. The number of amides is 3. The van der Waals surface area contributed by atoms with Gasteiger partial charge in [0.25, 0.3) is 17.7 Å². The third-order valence-corrected chi connectivity index (χ3v) is 8.71. The first-order valence-corrected chi connectivity index (χ1v) is 15.1. The fourth-order valence-corrected chi connectivity index (χ4v) is 6.54. The Morgan fingerprint density at radius 2 is 1.47 bits per heavy atom. The molecule has 0 atom stereocenters. The van der Waals surface area contributed by atoms with Gasteiger partial charge in [-0.05, 0) is 30.5 Å². The summed E-state index contributed by atoms with van der Waals surface area (Å²) in [6.07, 6.45) is 6.24. The number of methoxy groups -OCH3 is 1. The number of pyridine rings is 2. The van der Waals surface area contributed by atoms with Gasteiger partial charge in [-0.25, -0.2) is 4.79 Å². The van der Waals surface area contributed by atoms with Crippen LogP contribution in [0, 0.1) is 0 Å². The van der Waals surface area contributed by atoms with Crippen LogP contribution in [-0.4, -0.2) is 58.8 Å². The summed E-state index contributed by atoms with van der Waals surface area (Å²) < 4.78 is 5.09. The molecular formula is C36H30N4O5. The van der Waals surface area contributed by atoms with Crippen molar-refractivity contribution in [2.24, 2.45) is 0 Å². The van der Waals surface area contributed by atoms with E-state index in [0.717, 1.165) is 24.8 Å². The van der Waals surface area contributed by atoms with E-state index in [1.165, 1.54) is 24.4 Å². The predicted octanol–water partition coefficient (Wildman–Crippen LogP) is 6.07. The summed E-state index contributed by atoms with van der Waals surface area (Å²) in [6, 6.07) is 16.9. The maximum atomic E-state index is 13.6. The number of hydrogen-bond donors (Lipinski definition) is 1. The second-order valence-electron chi connectivity index (χ2n) is 11.3. The van der Waals surface area contributed by atoms with E-state index >= 15 is 0 Å². The van der Waals surface area contributed by atoms with Gasteiger partial charge >= 0.3 is 5.97 Å². The number of nitrogens with zero attached hydrogens (tertiary/aromatic N) is 3. The normalized spacial score (nSPS) is 13.0. The zero-order chi connectivity index (χ0) is 31.2. The van der Waals surface area contributed by atoms with E-state index in [-0.39, 0.29) is 23.3 Å². The summed E-state index contributed by atoms with van der Waals surface area (Å²) >= 11 is 0. The molecule has 0 spiro atoms. The van der Waals surface area contributed by atoms with Gasteiger partial charge in [-0.3, -0.25) is 29.3 Å². The number of aromatic nitrogens is 2. The van der Waals surface area contributed by atoms with Crippen molar-refractivity contribution in [1.29, 1.82) is 0 Å². The van der Waals surface area contributed by atoms with Crippen LogP contribution in [0.3, 0.4) is 0 Å². The Bertz CT molecular complexity index is 2110. The summed E-state index contributed by atoms with van der Waals surface area (Å²) in [4.78, 5) is 64.6. The lowest BCUT2D eigenvalue weighted by molar-refractivity contribution is 0.0593. The third kappa shape index (κ3) is 4.46. The van der Waals surface area contributed by atoms with Crippen LogP contribution in [0.5, 0.6) is 0 Å². The van der Waals surface area contributed by atoms with E-state index in [1.54, 1.807) is 18.2 Å². The van der Waals surface area contributed by atoms with Gasteiger partial charge in [-0.15, -0.1) is 0 Å². The number of carbonyl (C=O) groups excluding carboxylic acids is 4. The highest BCUT2D eigenvalue weighted by Crippen LogP contribution is 2.43. The molecule has 0 bridgehead atoms. The van der Waals surface area contributed by atoms with Crippen molar-refractivity contribution in [3.05, 3.63) is 94.8 Å². The summed E-state index contributed by atoms with van der Waals surface area (Å²) in [6.45, 7) is 2.83. The zero-order valence-electron chi connectivity index (χ0n) is 25.0. The van der Waals surface area contributed by atoms with Crippen molar-refractivity contribution in [2.75, 3.05) is 20.2 Å². The molecule has 6 aromatic rings. The molecule has 0 aliphatic carbocycles. The van der Waals surface area contributed by atoms with Gasteiger partial charge in [-0.1, -0.05) is 62.2 Å². The molecule has 0 unspecified atom stereocenters. The lowest BCUT2D eigenvalue weighted by Gasteiger charge is -2.28. The summed E-state index contributed by atoms with van der Waals surface area (Å²) in [5, 5.41) is 6.54. The standard InChI is InChI=1S/C36H30N4O5/c1-3-4-8-17-40-34(42)24-14-12-22-30-28(24)25(35(40)43)18-38-32(30)21-11-13-23(33(41)37-16-15-20-9-6-5-7-10-20)27-26(36(44)45-2)19-39-31(22)29(21)27/h5-7,9-14,18-19H,3-4,8,15-17H2,1-2H3,(H,37,41). The first-order chi connectivity index (χ1) is 21.9. The molecule has 4 aromatic carbocycles. The predicted molar refractivity (Wildman–Crippen MR) is 172 cm³/mol. The molecule has 1 N–H and O–H groups in total. The Morgan fingerprint density at radius 3 is 2.20 bits per heavy atom. The molecule has 0 saturated heterocycles. The maximum Gasteiger partial charge on any atom is 0.340 e. The van der Waals surface area contributed by atoms with Crippen LogP contribution in [-0.2, 0) is 11.2 Å². The molecule has 0 fully saturated rings. The van der Waals surface area contributed by atoms with Crippen molar-refractivity contribution in [2.45, 2.75) is 32.6 Å². The van der Waals surface area contributed by atoms with Crippen molar-refractivity contribution in [1.82, 2.24) is 20.2 Å². The number of unbranched alkanes of at least 4 members (excludes halogenated alkanes) is 2. The van der Waals surface area contributed by atoms with Gasteiger partial charge < -0.3 is 10.1 Å². The number of benzene rings is 4. The number of hydrogen-bond acceptors (Lipinski definition) is 7. The summed E-state index contributed by atoms with van der Waals surface area (Å²) in [5.74, 6) is -1.62. The molecule has 3 heterocycles. The Balaban J connectivity index is 1.42. The van der Waals surface area contributed by atoms with Crippen LogP contribution in [0.25, 0.3) is 43.4 Å². The molecular weight excluding hydrogens is 568 g/mol. The lowest BCUT2D eigenvalue weighted by Crippen LogP contribution is -2.41. The SMILES string of the molecule is CCCCCN1C(=O)c2ccc3c4ncc(C(=O)OC)c5c(C(=O)NCCc6ccccc6)ccc(c6ncc(c2c36)C1=O)c54. The van der Waals surface area contributed by atoms with Crippen LogP contribution in [0.2, 0.25) is 0 Å². The first kappa shape index (κ1) is 28.3. The van der Waals surface area contributed by atoms with E-state index in [0.29, 0.717) is 79.6 Å². The minimum absolute atomic E-state index is 0.161. The quantitative estimate of drug-likeness (QED) is 0.0705. The summed E-state index contributed by atoms with van der Waals surface area (Å²) in [5.41, 5.74) is 3.49. The monoisotopic (exact) mass is 598 g/mol. The average Bonchev–Trinajstić information content (AvgIpc) is 3.07. The number of nitrogens with one attached hydrogen (secondary N) is 1. The van der Waals surface area contributed by atoms with E-state index in [4.69, 9.17) is 14.7 Å². The van der Waals surface area contributed by atoms with Gasteiger partial charge in [0, 0.05) is 68.9 Å². The minimum atomic E-state index is -0.618. The fourth-order valence-electron chi connectivity index (χ4n) is 6.54. The Hall–Kier alpha value is -5.44. The van der Waals surface area contributed by atoms with Crippen molar-refractivity contribution in [3.63, 3.8) is 0 Å². The maximum absolute atomic E-state index is 13.6. The van der Waals surface area contributed by atoms with Crippen LogP contribution in [0.4, 0.5) is 0 Å². The smallest absolute Gasteiger partial charge is 0.340 e. The number of carbonyl (C=O) groups is 4. The first-order valence-electron chi connectivity index (χ1n) is 15.1. The Kier molecular flexibility index (Phi) is 7.08. The highest BCUT2D eigenvalue weighted by molar-refractivity contribution is 6.38. The second kappa shape index (κ2) is 11.2. The topological polar surface area (TPSA) is 119 Å². The Morgan fingerprint density at radius 1 is 0.778 bits per heavy atom. The van der Waals surface area contributed by atoms with Crippen LogP contribution in [0.1, 0.15) is 73.2 Å². The van der Waals surface area contributed by atoms with Gasteiger partial charge in [0.2, 0.25) is 0 Å². The van der Waals surface area contributed by atoms with Gasteiger partial charge in [0.1, 0.15) is 0 Å². The molecule has 45 heavy (non-hydrogen) atoms. The molecule has 0 radical (unpaired) electrons. The number of ether oxygens (including phenoxy) is 1.